The normalized spacial score (nSPS) is 12.5. The lowest BCUT2D eigenvalue weighted by molar-refractivity contribution is -0.117. The molecule has 0 radical (unpaired) electrons. The molecule has 1 aromatic heterocycles. The smallest absolute Gasteiger partial charge is 0.278 e. The molecule has 146 valence electrons. The second kappa shape index (κ2) is 7.89. The molecule has 2 amide bonds. The molecular formula is C21H17ClN4O3. The van der Waals surface area contributed by atoms with Gasteiger partial charge in [-0.25, -0.2) is 4.68 Å². The SMILES string of the molecule is O=C(Cn1nc(C(=O)N2CCc3ccccc32)ccc1=O)Nc1ccc(Cl)cc1. The number of anilines is 2. The van der Waals surface area contributed by atoms with Gasteiger partial charge in [0.2, 0.25) is 5.91 Å². The molecule has 0 fully saturated rings. The minimum Gasteiger partial charge on any atom is -0.324 e. The number of para-hydroxylation sites is 1. The van der Waals surface area contributed by atoms with Crippen LogP contribution in [0, 0.1) is 0 Å². The first-order valence-electron chi connectivity index (χ1n) is 9.04. The summed E-state index contributed by atoms with van der Waals surface area (Å²) in [6.07, 6.45) is 0.769. The Labute approximate surface area is 171 Å². The lowest BCUT2D eigenvalue weighted by Gasteiger charge is -2.17. The molecule has 7 nitrogen and oxygen atoms in total. The number of aromatic nitrogens is 2. The van der Waals surface area contributed by atoms with Crippen LogP contribution in [0.5, 0.6) is 0 Å². The van der Waals surface area contributed by atoms with Crippen molar-refractivity contribution < 1.29 is 9.59 Å². The van der Waals surface area contributed by atoms with Crippen LogP contribution in [-0.4, -0.2) is 28.1 Å². The highest BCUT2D eigenvalue weighted by Crippen LogP contribution is 2.28. The van der Waals surface area contributed by atoms with Gasteiger partial charge in [0.25, 0.3) is 11.5 Å². The minimum absolute atomic E-state index is 0.112. The van der Waals surface area contributed by atoms with Gasteiger partial charge in [0, 0.05) is 29.0 Å². The standard InChI is InChI=1S/C21H17ClN4O3/c22-15-5-7-16(8-6-15)23-19(27)13-26-20(28)10-9-17(24-26)21(29)25-12-11-14-3-1-2-4-18(14)25/h1-10H,11-13H2,(H,23,27). The molecule has 4 rings (SSSR count). The monoisotopic (exact) mass is 408 g/mol. The van der Waals surface area contributed by atoms with Crippen LogP contribution in [0.4, 0.5) is 11.4 Å². The number of carbonyl (C=O) groups excluding carboxylic acids is 2. The fraction of sp³-hybridized carbons (Fsp3) is 0.143. The molecule has 29 heavy (non-hydrogen) atoms. The number of amides is 2. The first kappa shape index (κ1) is 18.9. The van der Waals surface area contributed by atoms with Gasteiger partial charge in [-0.2, -0.15) is 5.10 Å². The molecule has 0 aliphatic carbocycles. The maximum absolute atomic E-state index is 12.9. The van der Waals surface area contributed by atoms with Crippen LogP contribution in [0.2, 0.25) is 5.02 Å². The van der Waals surface area contributed by atoms with E-state index in [9.17, 15) is 14.4 Å². The number of nitrogens with zero attached hydrogens (tertiary/aromatic N) is 3. The molecular weight excluding hydrogens is 392 g/mol. The predicted molar refractivity (Wildman–Crippen MR) is 110 cm³/mol. The van der Waals surface area contributed by atoms with Gasteiger partial charge in [-0.05, 0) is 48.4 Å². The van der Waals surface area contributed by atoms with Gasteiger partial charge < -0.3 is 10.2 Å². The van der Waals surface area contributed by atoms with Gasteiger partial charge in [0.15, 0.2) is 0 Å². The Balaban J connectivity index is 1.52. The third kappa shape index (κ3) is 4.05. The van der Waals surface area contributed by atoms with Crippen molar-refractivity contribution in [1.29, 1.82) is 0 Å². The molecule has 3 aromatic rings. The highest BCUT2D eigenvalue weighted by molar-refractivity contribution is 6.30. The molecule has 0 saturated carbocycles. The van der Waals surface area contributed by atoms with Crippen molar-refractivity contribution in [3.05, 3.63) is 87.3 Å². The zero-order valence-corrected chi connectivity index (χ0v) is 16.1. The van der Waals surface area contributed by atoms with Gasteiger partial charge in [-0.3, -0.25) is 14.4 Å². The summed E-state index contributed by atoms with van der Waals surface area (Å²) in [6.45, 7) is 0.245. The number of hydrogen-bond acceptors (Lipinski definition) is 4. The van der Waals surface area contributed by atoms with Crippen molar-refractivity contribution in [1.82, 2.24) is 9.78 Å². The van der Waals surface area contributed by atoms with E-state index < -0.39 is 11.5 Å². The van der Waals surface area contributed by atoms with Crippen molar-refractivity contribution in [2.45, 2.75) is 13.0 Å². The van der Waals surface area contributed by atoms with E-state index in [4.69, 9.17) is 11.6 Å². The second-order valence-electron chi connectivity index (χ2n) is 6.61. The molecule has 1 aliphatic rings. The number of rotatable bonds is 4. The molecule has 8 heteroatoms. The van der Waals surface area contributed by atoms with Crippen molar-refractivity contribution >= 4 is 34.8 Å². The van der Waals surface area contributed by atoms with Gasteiger partial charge in [-0.15, -0.1) is 0 Å². The Bertz CT molecular complexity index is 1140. The number of benzene rings is 2. The summed E-state index contributed by atoms with van der Waals surface area (Å²) in [6, 6.07) is 16.9. The Hall–Kier alpha value is -3.45. The van der Waals surface area contributed by atoms with Crippen LogP contribution in [0.15, 0.2) is 65.5 Å². The predicted octanol–water partition coefficient (Wildman–Crippen LogP) is 2.74. The van der Waals surface area contributed by atoms with Crippen molar-refractivity contribution in [2.24, 2.45) is 0 Å². The molecule has 1 N–H and O–H groups in total. The van der Waals surface area contributed by atoms with Crippen LogP contribution in [0.1, 0.15) is 16.1 Å². The van der Waals surface area contributed by atoms with E-state index in [0.29, 0.717) is 17.3 Å². The summed E-state index contributed by atoms with van der Waals surface area (Å²) in [7, 11) is 0. The Morgan fingerprint density at radius 2 is 1.79 bits per heavy atom. The molecule has 0 saturated heterocycles. The van der Waals surface area contributed by atoms with Crippen molar-refractivity contribution in [3.63, 3.8) is 0 Å². The zero-order chi connectivity index (χ0) is 20.4. The average molecular weight is 409 g/mol. The highest BCUT2D eigenvalue weighted by atomic mass is 35.5. The first-order valence-corrected chi connectivity index (χ1v) is 9.42. The third-order valence-electron chi connectivity index (χ3n) is 4.64. The summed E-state index contributed by atoms with van der Waals surface area (Å²) in [5.41, 5.74) is 2.14. The lowest BCUT2D eigenvalue weighted by Crippen LogP contribution is -2.34. The molecule has 0 atom stereocenters. The van der Waals surface area contributed by atoms with Crippen LogP contribution in [0.3, 0.4) is 0 Å². The maximum Gasteiger partial charge on any atom is 0.278 e. The van der Waals surface area contributed by atoms with Gasteiger partial charge in [-0.1, -0.05) is 29.8 Å². The van der Waals surface area contributed by atoms with Crippen LogP contribution >= 0.6 is 11.6 Å². The third-order valence-corrected chi connectivity index (χ3v) is 4.89. The van der Waals surface area contributed by atoms with E-state index in [1.807, 2.05) is 24.3 Å². The Kier molecular flexibility index (Phi) is 5.14. The number of carbonyl (C=O) groups is 2. The molecule has 1 aliphatic heterocycles. The van der Waals surface area contributed by atoms with Crippen LogP contribution in [-0.2, 0) is 17.8 Å². The van der Waals surface area contributed by atoms with E-state index in [1.165, 1.54) is 12.1 Å². The van der Waals surface area contributed by atoms with E-state index >= 15 is 0 Å². The van der Waals surface area contributed by atoms with Gasteiger partial charge >= 0.3 is 0 Å². The van der Waals surface area contributed by atoms with E-state index in [1.54, 1.807) is 29.2 Å². The van der Waals surface area contributed by atoms with E-state index in [-0.39, 0.29) is 18.1 Å². The Morgan fingerprint density at radius 3 is 2.59 bits per heavy atom. The maximum atomic E-state index is 12.9. The van der Waals surface area contributed by atoms with E-state index in [2.05, 4.69) is 10.4 Å². The van der Waals surface area contributed by atoms with Gasteiger partial charge in [0.1, 0.15) is 12.2 Å². The number of fused-ring (bicyclic) bond motifs is 1. The number of hydrogen-bond donors (Lipinski definition) is 1. The second-order valence-corrected chi connectivity index (χ2v) is 7.04. The minimum atomic E-state index is -0.463. The van der Waals surface area contributed by atoms with Crippen LogP contribution in [0.25, 0.3) is 0 Å². The summed E-state index contributed by atoms with van der Waals surface area (Å²) < 4.78 is 0.987. The summed E-state index contributed by atoms with van der Waals surface area (Å²) in [5.74, 6) is -0.736. The summed E-state index contributed by atoms with van der Waals surface area (Å²) in [5, 5.41) is 7.34. The largest absolute Gasteiger partial charge is 0.324 e. The average Bonchev–Trinajstić information content (AvgIpc) is 3.15. The Morgan fingerprint density at radius 1 is 1.03 bits per heavy atom. The molecule has 0 unspecified atom stereocenters. The lowest BCUT2D eigenvalue weighted by atomic mass is 10.2. The molecule has 0 bridgehead atoms. The fourth-order valence-electron chi connectivity index (χ4n) is 3.23. The quantitative estimate of drug-likeness (QED) is 0.719. The summed E-state index contributed by atoms with van der Waals surface area (Å²) in [4.78, 5) is 39.0. The van der Waals surface area contributed by atoms with E-state index in [0.717, 1.165) is 22.4 Å². The van der Waals surface area contributed by atoms with Crippen molar-refractivity contribution in [2.75, 3.05) is 16.8 Å². The first-order chi connectivity index (χ1) is 14.0. The van der Waals surface area contributed by atoms with Gasteiger partial charge in [0.05, 0.1) is 0 Å². The number of nitrogens with one attached hydrogen (secondary N) is 1. The van der Waals surface area contributed by atoms with Crippen molar-refractivity contribution in [3.8, 4) is 0 Å². The fourth-order valence-corrected chi connectivity index (χ4v) is 3.36. The zero-order valence-electron chi connectivity index (χ0n) is 15.3. The highest BCUT2D eigenvalue weighted by Gasteiger charge is 2.26. The molecule has 2 aromatic carbocycles. The number of halogens is 1. The van der Waals surface area contributed by atoms with Crippen LogP contribution < -0.4 is 15.8 Å². The molecule has 2 heterocycles. The molecule has 0 spiro atoms. The summed E-state index contributed by atoms with van der Waals surface area (Å²) >= 11 is 5.83. The topological polar surface area (TPSA) is 84.3 Å².